The molecule has 0 saturated heterocycles. The van der Waals surface area contributed by atoms with Gasteiger partial charge in [-0.1, -0.05) is 12.1 Å². The molecular formula is C18H29ClN4O4. The molecule has 1 rings (SSSR count). The topological polar surface area (TPSA) is 115 Å². The quantitative estimate of drug-likeness (QED) is 0.513. The minimum Gasteiger partial charge on any atom is -0.444 e. The molecular weight excluding hydrogens is 372 g/mol. The highest BCUT2D eigenvalue weighted by atomic mass is 35.5. The number of halogens is 1. The summed E-state index contributed by atoms with van der Waals surface area (Å²) in [5.41, 5.74) is 5.73. The highest BCUT2D eigenvalue weighted by Gasteiger charge is 2.20. The minimum absolute atomic E-state index is 0. The van der Waals surface area contributed by atoms with Crippen molar-refractivity contribution in [3.63, 3.8) is 0 Å². The van der Waals surface area contributed by atoms with Crippen molar-refractivity contribution in [1.29, 1.82) is 0 Å². The number of carbonyl (C=O) groups excluding carboxylic acids is 2. The van der Waals surface area contributed by atoms with Crippen LogP contribution >= 0.6 is 12.4 Å². The molecule has 4 N–H and O–H groups in total. The number of nitrogens with zero attached hydrogens (tertiary/aromatic N) is 1. The van der Waals surface area contributed by atoms with Gasteiger partial charge >= 0.3 is 12.2 Å². The Kier molecular flexibility index (Phi) is 9.26. The van der Waals surface area contributed by atoms with Crippen LogP contribution in [0.1, 0.15) is 47.1 Å². The zero-order chi connectivity index (χ0) is 20.0. The van der Waals surface area contributed by atoms with Gasteiger partial charge in [-0.2, -0.15) is 0 Å². The second-order valence-electron chi connectivity index (χ2n) is 7.59. The third-order valence-electron chi connectivity index (χ3n) is 2.67. The second kappa shape index (κ2) is 10.1. The van der Waals surface area contributed by atoms with Crippen molar-refractivity contribution >= 4 is 36.2 Å². The summed E-state index contributed by atoms with van der Waals surface area (Å²) in [6.07, 6.45) is -1.58. The average molecular weight is 401 g/mol. The first-order valence-electron chi connectivity index (χ1n) is 8.26. The summed E-state index contributed by atoms with van der Waals surface area (Å²) in [5, 5.41) is 5.28. The fraction of sp³-hybridized carbons (Fsp3) is 0.500. The smallest absolute Gasteiger partial charge is 0.437 e. The highest BCUT2D eigenvalue weighted by molar-refractivity contribution is 6.06. The number of aliphatic imine (C=N–C) groups is 1. The molecule has 0 unspecified atom stereocenters. The van der Waals surface area contributed by atoms with Gasteiger partial charge in [0.1, 0.15) is 11.2 Å². The summed E-state index contributed by atoms with van der Waals surface area (Å²) in [4.78, 5) is 27.7. The molecule has 8 nitrogen and oxygen atoms in total. The molecule has 0 aromatic heterocycles. The molecule has 152 valence electrons. The summed E-state index contributed by atoms with van der Waals surface area (Å²) in [7, 11) is 0. The predicted molar refractivity (Wildman–Crippen MR) is 108 cm³/mol. The summed E-state index contributed by atoms with van der Waals surface area (Å²) in [5.74, 6) is -0.103. The Labute approximate surface area is 166 Å². The lowest BCUT2D eigenvalue weighted by Gasteiger charge is -2.21. The van der Waals surface area contributed by atoms with Gasteiger partial charge in [0.15, 0.2) is 0 Å². The van der Waals surface area contributed by atoms with Crippen molar-refractivity contribution < 1.29 is 19.1 Å². The van der Waals surface area contributed by atoms with Crippen LogP contribution in [0.2, 0.25) is 0 Å². The summed E-state index contributed by atoms with van der Waals surface area (Å²) in [6, 6.07) is 7.15. The van der Waals surface area contributed by atoms with Crippen LogP contribution in [0.5, 0.6) is 0 Å². The molecule has 1 aromatic rings. The van der Waals surface area contributed by atoms with Crippen molar-refractivity contribution in [1.82, 2.24) is 5.32 Å². The first-order valence-corrected chi connectivity index (χ1v) is 8.26. The van der Waals surface area contributed by atoms with Crippen LogP contribution in [0.25, 0.3) is 0 Å². The monoisotopic (exact) mass is 400 g/mol. The number of rotatable bonds is 2. The third kappa shape index (κ3) is 11.1. The Morgan fingerprint density at radius 1 is 1.00 bits per heavy atom. The third-order valence-corrected chi connectivity index (χ3v) is 2.67. The van der Waals surface area contributed by atoms with Gasteiger partial charge in [-0.05, 0) is 59.2 Å². The molecule has 0 saturated carbocycles. The Balaban J connectivity index is 0.00000676. The van der Waals surface area contributed by atoms with E-state index in [1.165, 1.54) is 0 Å². The Morgan fingerprint density at radius 2 is 1.52 bits per heavy atom. The maximum Gasteiger partial charge on any atom is 0.437 e. The maximum atomic E-state index is 12.0. The molecule has 0 spiro atoms. The Hall–Kier alpha value is -2.32. The number of carbonyl (C=O) groups is 2. The van der Waals surface area contributed by atoms with Crippen LogP contribution in [0.15, 0.2) is 29.3 Å². The van der Waals surface area contributed by atoms with Crippen LogP contribution in [-0.4, -0.2) is 29.3 Å². The van der Waals surface area contributed by atoms with Crippen LogP contribution in [0.3, 0.4) is 0 Å². The number of benzene rings is 1. The predicted octanol–water partition coefficient (Wildman–Crippen LogP) is 3.79. The molecule has 27 heavy (non-hydrogen) atoms. The average Bonchev–Trinajstić information content (AvgIpc) is 2.43. The van der Waals surface area contributed by atoms with Gasteiger partial charge < -0.3 is 20.5 Å². The summed E-state index contributed by atoms with van der Waals surface area (Å²) in [6.45, 7) is 10.8. The molecule has 2 amide bonds. The largest absolute Gasteiger partial charge is 0.444 e. The fourth-order valence-electron chi connectivity index (χ4n) is 1.72. The Bertz CT molecular complexity index is 661. The van der Waals surface area contributed by atoms with Crippen LogP contribution in [0, 0.1) is 0 Å². The number of hydrogen-bond acceptors (Lipinski definition) is 5. The van der Waals surface area contributed by atoms with Crippen LogP contribution < -0.4 is 16.4 Å². The van der Waals surface area contributed by atoms with Gasteiger partial charge in [0.05, 0.1) is 0 Å². The van der Waals surface area contributed by atoms with E-state index < -0.39 is 23.4 Å². The van der Waals surface area contributed by atoms with Crippen LogP contribution in [0.4, 0.5) is 15.3 Å². The van der Waals surface area contributed by atoms with Crippen molar-refractivity contribution in [3.8, 4) is 0 Å². The molecule has 0 aliphatic rings. The minimum atomic E-state index is -0.838. The van der Waals surface area contributed by atoms with E-state index in [1.807, 2.05) is 12.1 Å². The number of alkyl carbamates (subject to hydrolysis) is 1. The van der Waals surface area contributed by atoms with Gasteiger partial charge in [0.25, 0.3) is 0 Å². The molecule has 0 heterocycles. The molecule has 0 aliphatic carbocycles. The number of ether oxygens (including phenoxy) is 2. The number of guanidine groups is 1. The number of amides is 2. The summed E-state index contributed by atoms with van der Waals surface area (Å²) >= 11 is 0. The highest BCUT2D eigenvalue weighted by Crippen LogP contribution is 2.11. The van der Waals surface area contributed by atoms with Gasteiger partial charge in [0.2, 0.25) is 5.96 Å². The number of nitrogens with two attached hydrogens (primary N) is 1. The first-order chi connectivity index (χ1) is 11.9. The standard InChI is InChI=1S/C18H28N4O4.ClH/c1-17(2,3)25-15(23)21-14(22-16(24)26-18(4,5)6)20-13-9-7-12(11-19)8-10-13;/h7-10H,11,19H2,1-6H3,(H2,20,21,22,23,24);1H. The van der Waals surface area contributed by atoms with Crippen molar-refractivity contribution in [2.24, 2.45) is 10.7 Å². The Morgan fingerprint density at radius 3 is 1.96 bits per heavy atom. The van der Waals surface area contributed by atoms with Gasteiger partial charge in [-0.25, -0.2) is 9.59 Å². The lowest BCUT2D eigenvalue weighted by atomic mass is 10.2. The van der Waals surface area contributed by atoms with E-state index in [1.54, 1.807) is 53.7 Å². The van der Waals surface area contributed by atoms with E-state index in [0.29, 0.717) is 12.2 Å². The molecule has 9 heteroatoms. The normalized spacial score (nSPS) is 11.9. The van der Waals surface area contributed by atoms with E-state index in [0.717, 1.165) is 5.56 Å². The molecule has 0 atom stereocenters. The van der Waals surface area contributed by atoms with Crippen molar-refractivity contribution in [2.45, 2.75) is 59.3 Å². The lowest BCUT2D eigenvalue weighted by molar-refractivity contribution is 0.0562. The van der Waals surface area contributed by atoms with Gasteiger partial charge in [0, 0.05) is 12.2 Å². The van der Waals surface area contributed by atoms with Crippen molar-refractivity contribution in [2.75, 3.05) is 5.32 Å². The van der Waals surface area contributed by atoms with E-state index in [2.05, 4.69) is 15.6 Å². The van der Waals surface area contributed by atoms with Gasteiger partial charge in [-0.15, -0.1) is 17.4 Å². The van der Waals surface area contributed by atoms with E-state index in [9.17, 15) is 9.59 Å². The van der Waals surface area contributed by atoms with E-state index in [4.69, 9.17) is 15.2 Å². The molecule has 1 aromatic carbocycles. The number of hydrogen-bond donors (Lipinski definition) is 3. The maximum absolute atomic E-state index is 12.0. The SMILES string of the molecule is CC(C)(C)OC(=O)/N=C(\NC(=O)OC(C)(C)C)Nc1ccc(CN)cc1.Cl. The van der Waals surface area contributed by atoms with Gasteiger partial charge in [-0.3, -0.25) is 5.32 Å². The first kappa shape index (κ1) is 24.7. The zero-order valence-corrected chi connectivity index (χ0v) is 17.4. The zero-order valence-electron chi connectivity index (χ0n) is 16.6. The summed E-state index contributed by atoms with van der Waals surface area (Å²) < 4.78 is 10.3. The number of anilines is 1. The lowest BCUT2D eigenvalue weighted by Crippen LogP contribution is -2.40. The number of nitrogens with one attached hydrogen (secondary N) is 2. The second-order valence-corrected chi connectivity index (χ2v) is 7.59. The van der Waals surface area contributed by atoms with E-state index in [-0.39, 0.29) is 18.4 Å². The van der Waals surface area contributed by atoms with E-state index >= 15 is 0 Å². The molecule has 0 bridgehead atoms. The molecule has 0 fully saturated rings. The molecule has 0 radical (unpaired) electrons. The van der Waals surface area contributed by atoms with Crippen LogP contribution in [-0.2, 0) is 16.0 Å². The molecule has 0 aliphatic heterocycles. The fourth-order valence-corrected chi connectivity index (χ4v) is 1.72. The van der Waals surface area contributed by atoms with Crippen molar-refractivity contribution in [3.05, 3.63) is 29.8 Å².